The minimum Gasteiger partial charge on any atom is -0.286 e. The van der Waals surface area contributed by atoms with E-state index in [0.29, 0.717) is 14.7 Å². The third-order valence-electron chi connectivity index (χ3n) is 3.52. The summed E-state index contributed by atoms with van der Waals surface area (Å²) in [7, 11) is 0. The van der Waals surface area contributed by atoms with Gasteiger partial charge in [-0.05, 0) is 36.4 Å². The van der Waals surface area contributed by atoms with Crippen molar-refractivity contribution in [3.05, 3.63) is 91.0 Å². The smallest absolute Gasteiger partial charge is 0.286 e. The van der Waals surface area contributed by atoms with Gasteiger partial charge >= 0.3 is 6.18 Å². The van der Waals surface area contributed by atoms with Crippen LogP contribution >= 0.6 is 35.3 Å². The number of rotatable bonds is 7. The molecule has 0 aromatic heterocycles. The lowest BCUT2D eigenvalue weighted by Gasteiger charge is -2.31. The predicted molar refractivity (Wildman–Crippen MR) is 111 cm³/mol. The van der Waals surface area contributed by atoms with Crippen LogP contribution in [0.3, 0.4) is 0 Å². The van der Waals surface area contributed by atoms with Gasteiger partial charge in [-0.25, -0.2) is 0 Å². The van der Waals surface area contributed by atoms with Crippen LogP contribution < -0.4 is 0 Å². The van der Waals surface area contributed by atoms with Crippen LogP contribution in [0, 0.1) is 0 Å². The Morgan fingerprint density at radius 2 is 0.857 bits per heavy atom. The van der Waals surface area contributed by atoms with Gasteiger partial charge in [-0.1, -0.05) is 89.9 Å². The SMILES string of the molecule is O=C(C(F)(F)F)C(Sc1ccccc1)(Sc1ccccc1)Sc1ccccc1. The molecule has 0 unspecified atom stereocenters. The zero-order valence-electron chi connectivity index (χ0n) is 14.4. The van der Waals surface area contributed by atoms with E-state index in [1.165, 1.54) is 0 Å². The quantitative estimate of drug-likeness (QED) is 0.289. The summed E-state index contributed by atoms with van der Waals surface area (Å²) >= 11 is 2.75. The normalized spacial score (nSPS) is 12.0. The molecule has 0 heterocycles. The molecule has 3 aromatic rings. The van der Waals surface area contributed by atoms with E-state index in [0.717, 1.165) is 35.3 Å². The Bertz CT molecular complexity index is 799. The number of halogens is 3. The second kappa shape index (κ2) is 9.11. The molecule has 1 nitrogen and oxygen atoms in total. The molecule has 0 saturated carbocycles. The summed E-state index contributed by atoms with van der Waals surface area (Å²) in [6, 6.07) is 26.1. The zero-order chi connectivity index (χ0) is 20.0. The first-order chi connectivity index (χ1) is 13.4. The molecular formula is C21H15F3OS3. The molecule has 28 heavy (non-hydrogen) atoms. The maximum atomic E-state index is 13.7. The average Bonchev–Trinajstić information content (AvgIpc) is 2.69. The predicted octanol–water partition coefficient (Wildman–Crippen LogP) is 7.15. The molecule has 0 aliphatic heterocycles. The molecule has 0 amide bonds. The van der Waals surface area contributed by atoms with Crippen molar-refractivity contribution in [2.24, 2.45) is 0 Å². The summed E-state index contributed by atoms with van der Waals surface area (Å²) in [4.78, 5) is 14.5. The van der Waals surface area contributed by atoms with Crippen molar-refractivity contribution in [1.29, 1.82) is 0 Å². The lowest BCUT2D eigenvalue weighted by molar-refractivity contribution is -0.169. The van der Waals surface area contributed by atoms with Gasteiger partial charge in [0.1, 0.15) is 0 Å². The fourth-order valence-corrected chi connectivity index (χ4v) is 6.97. The number of carbonyl (C=O) groups is 1. The van der Waals surface area contributed by atoms with Crippen LogP contribution in [0.5, 0.6) is 0 Å². The number of carbonyl (C=O) groups excluding carboxylic acids is 1. The zero-order valence-corrected chi connectivity index (χ0v) is 16.9. The molecule has 0 saturated heterocycles. The summed E-state index contributed by atoms with van der Waals surface area (Å²) in [5, 5.41) is 0. The number of hydrogen-bond acceptors (Lipinski definition) is 4. The van der Waals surface area contributed by atoms with E-state index in [1.54, 1.807) is 91.0 Å². The molecule has 0 aliphatic carbocycles. The lowest BCUT2D eigenvalue weighted by Crippen LogP contribution is -2.39. The molecule has 0 fully saturated rings. The van der Waals surface area contributed by atoms with Crippen LogP contribution in [0.25, 0.3) is 0 Å². The maximum Gasteiger partial charge on any atom is 0.453 e. The van der Waals surface area contributed by atoms with Gasteiger partial charge in [-0.3, -0.25) is 4.79 Å². The monoisotopic (exact) mass is 436 g/mol. The van der Waals surface area contributed by atoms with Crippen LogP contribution in [0.15, 0.2) is 106 Å². The highest BCUT2D eigenvalue weighted by molar-refractivity contribution is 8.35. The highest BCUT2D eigenvalue weighted by Gasteiger charge is 2.55. The van der Waals surface area contributed by atoms with Crippen LogP contribution in [-0.4, -0.2) is 15.4 Å². The maximum absolute atomic E-state index is 13.7. The van der Waals surface area contributed by atoms with E-state index in [-0.39, 0.29) is 0 Å². The fraction of sp³-hybridized carbons (Fsp3) is 0.0952. The van der Waals surface area contributed by atoms with E-state index in [4.69, 9.17) is 0 Å². The van der Waals surface area contributed by atoms with Crippen molar-refractivity contribution in [2.45, 2.75) is 24.3 Å². The minimum absolute atomic E-state index is 0.590. The summed E-state index contributed by atoms with van der Waals surface area (Å²) < 4.78 is 39.1. The number of hydrogen-bond donors (Lipinski definition) is 0. The highest BCUT2D eigenvalue weighted by atomic mass is 32.3. The fourth-order valence-electron chi connectivity index (χ4n) is 2.31. The molecule has 0 radical (unpaired) electrons. The Hall–Kier alpha value is -1.83. The van der Waals surface area contributed by atoms with Crippen LogP contribution in [0.4, 0.5) is 13.2 Å². The van der Waals surface area contributed by atoms with E-state index in [9.17, 15) is 18.0 Å². The van der Waals surface area contributed by atoms with Gasteiger partial charge in [0.05, 0.1) is 0 Å². The molecule has 3 rings (SSSR count). The first-order valence-electron chi connectivity index (χ1n) is 8.23. The van der Waals surface area contributed by atoms with Gasteiger partial charge < -0.3 is 0 Å². The second-order valence-corrected chi connectivity index (χ2v) is 10.3. The number of thioether (sulfide) groups is 3. The third kappa shape index (κ3) is 5.37. The number of benzene rings is 3. The first-order valence-corrected chi connectivity index (χ1v) is 10.7. The standard InChI is InChI=1S/C21H15F3OS3/c22-20(23,24)19(25)21(26-16-10-4-1-5-11-16,27-17-12-6-2-7-13-17)28-18-14-8-3-9-15-18/h1-15H. The van der Waals surface area contributed by atoms with Crippen molar-refractivity contribution in [3.63, 3.8) is 0 Å². The summed E-state index contributed by atoms with van der Waals surface area (Å²) in [5.74, 6) is -1.78. The van der Waals surface area contributed by atoms with Crippen molar-refractivity contribution in [3.8, 4) is 0 Å². The molecule has 144 valence electrons. The molecule has 0 bridgehead atoms. The lowest BCUT2D eigenvalue weighted by atomic mass is 10.4. The molecule has 0 N–H and O–H groups in total. The van der Waals surface area contributed by atoms with Crippen molar-refractivity contribution < 1.29 is 18.0 Å². The van der Waals surface area contributed by atoms with E-state index in [2.05, 4.69) is 0 Å². The summed E-state index contributed by atoms with van der Waals surface area (Å²) in [6.45, 7) is 0. The van der Waals surface area contributed by atoms with E-state index in [1.807, 2.05) is 0 Å². The summed E-state index contributed by atoms with van der Waals surface area (Å²) in [5.41, 5.74) is 0. The molecular weight excluding hydrogens is 421 g/mol. The van der Waals surface area contributed by atoms with Gasteiger partial charge in [-0.2, -0.15) is 13.2 Å². The first kappa shape index (κ1) is 20.9. The largest absolute Gasteiger partial charge is 0.453 e. The highest BCUT2D eigenvalue weighted by Crippen LogP contribution is 2.57. The topological polar surface area (TPSA) is 17.1 Å². The van der Waals surface area contributed by atoms with Gasteiger partial charge in [0.25, 0.3) is 5.78 Å². The third-order valence-corrected chi connectivity index (χ3v) is 7.91. The Morgan fingerprint density at radius 1 is 0.571 bits per heavy atom. The minimum atomic E-state index is -4.97. The number of Topliss-reactive ketones (excluding diaryl/α,β-unsaturated/α-hetero) is 1. The van der Waals surface area contributed by atoms with Gasteiger partial charge in [0.15, 0.2) is 3.41 Å². The molecule has 0 aliphatic rings. The van der Waals surface area contributed by atoms with Crippen molar-refractivity contribution >= 4 is 41.1 Å². The second-order valence-electron chi connectivity index (χ2n) is 5.63. The molecule has 3 aromatic carbocycles. The van der Waals surface area contributed by atoms with Crippen LogP contribution in [0.1, 0.15) is 0 Å². The Morgan fingerprint density at radius 3 is 1.11 bits per heavy atom. The van der Waals surface area contributed by atoms with Crippen molar-refractivity contribution in [1.82, 2.24) is 0 Å². The van der Waals surface area contributed by atoms with Crippen LogP contribution in [-0.2, 0) is 4.79 Å². The average molecular weight is 437 g/mol. The number of alkyl halides is 3. The Labute approximate surface area is 174 Å². The van der Waals surface area contributed by atoms with Gasteiger partial charge in [0, 0.05) is 14.7 Å². The van der Waals surface area contributed by atoms with E-state index < -0.39 is 15.4 Å². The Kier molecular flexibility index (Phi) is 6.80. The van der Waals surface area contributed by atoms with Gasteiger partial charge in [-0.15, -0.1) is 0 Å². The van der Waals surface area contributed by atoms with Gasteiger partial charge in [0.2, 0.25) is 0 Å². The molecule has 0 atom stereocenters. The van der Waals surface area contributed by atoms with E-state index >= 15 is 0 Å². The van der Waals surface area contributed by atoms with Crippen LogP contribution in [0.2, 0.25) is 0 Å². The molecule has 7 heteroatoms. The Balaban J connectivity index is 2.09. The summed E-state index contributed by atoms with van der Waals surface area (Å²) in [6.07, 6.45) is -4.97. The number of ketones is 1. The molecule has 0 spiro atoms. The van der Waals surface area contributed by atoms with Crippen molar-refractivity contribution in [2.75, 3.05) is 0 Å².